The highest BCUT2D eigenvalue weighted by Gasteiger charge is 2.35. The number of carbonyl (C=O) groups excluding carboxylic acids is 1. The summed E-state index contributed by atoms with van der Waals surface area (Å²) in [6, 6.07) is 5.66. The first-order chi connectivity index (χ1) is 15.8. The molecule has 2 fully saturated rings. The van der Waals surface area contributed by atoms with Gasteiger partial charge >= 0.3 is 6.18 Å². The molecule has 180 valence electrons. The van der Waals surface area contributed by atoms with E-state index in [4.69, 9.17) is 0 Å². The third kappa shape index (κ3) is 5.90. The molecule has 1 saturated carbocycles. The van der Waals surface area contributed by atoms with E-state index >= 15 is 0 Å². The summed E-state index contributed by atoms with van der Waals surface area (Å²) in [5.74, 6) is 0.336. The molecule has 1 atom stereocenters. The van der Waals surface area contributed by atoms with Crippen molar-refractivity contribution in [3.05, 3.63) is 35.7 Å². The molecule has 10 heteroatoms. The van der Waals surface area contributed by atoms with Crippen molar-refractivity contribution in [3.63, 3.8) is 0 Å². The summed E-state index contributed by atoms with van der Waals surface area (Å²) < 4.78 is 43.0. The van der Waals surface area contributed by atoms with Gasteiger partial charge in [0.05, 0.1) is 23.0 Å². The van der Waals surface area contributed by atoms with Crippen molar-refractivity contribution in [2.75, 3.05) is 13.1 Å². The quantitative estimate of drug-likeness (QED) is 0.575. The summed E-state index contributed by atoms with van der Waals surface area (Å²) in [6.07, 6.45) is 2.92. The number of hydrogen-bond donors (Lipinski definition) is 1. The van der Waals surface area contributed by atoms with Crippen LogP contribution < -0.4 is 5.32 Å². The lowest BCUT2D eigenvalue weighted by molar-refractivity contribution is -0.137. The molecule has 2 aliphatic rings. The second kappa shape index (κ2) is 10.5. The number of hydrogen-bond acceptors (Lipinski definition) is 5. The van der Waals surface area contributed by atoms with Gasteiger partial charge in [-0.3, -0.25) is 14.3 Å². The van der Waals surface area contributed by atoms with E-state index < -0.39 is 17.0 Å². The number of thioether (sulfide) groups is 1. The maximum atomic E-state index is 13.8. The van der Waals surface area contributed by atoms with Crippen LogP contribution in [0.5, 0.6) is 0 Å². The highest BCUT2D eigenvalue weighted by atomic mass is 32.2. The lowest BCUT2D eigenvalue weighted by Crippen LogP contribution is -2.37. The van der Waals surface area contributed by atoms with Crippen LogP contribution in [-0.2, 0) is 17.5 Å². The van der Waals surface area contributed by atoms with E-state index in [0.717, 1.165) is 75.9 Å². The first kappa shape index (κ1) is 24.1. The number of amides is 1. The van der Waals surface area contributed by atoms with Crippen molar-refractivity contribution in [3.8, 4) is 5.69 Å². The molecule has 6 nitrogen and oxygen atoms in total. The molecule has 33 heavy (non-hydrogen) atoms. The molecule has 0 radical (unpaired) electrons. The second-order valence-corrected chi connectivity index (χ2v) is 10.1. The minimum atomic E-state index is -4.52. The zero-order valence-corrected chi connectivity index (χ0v) is 19.6. The molecule has 1 N–H and O–H groups in total. The minimum absolute atomic E-state index is 0.00656. The van der Waals surface area contributed by atoms with Gasteiger partial charge in [0, 0.05) is 6.04 Å². The Kier molecular flexibility index (Phi) is 7.63. The van der Waals surface area contributed by atoms with E-state index in [9.17, 15) is 18.0 Å². The third-order valence-electron chi connectivity index (χ3n) is 6.32. The van der Waals surface area contributed by atoms with Gasteiger partial charge in [0.15, 0.2) is 11.0 Å². The van der Waals surface area contributed by atoms with Gasteiger partial charge in [-0.05, 0) is 57.8 Å². The number of aromatic nitrogens is 3. The number of alkyl halides is 3. The Morgan fingerprint density at radius 3 is 2.52 bits per heavy atom. The molecular formula is C23H30F3N5OS. The summed E-state index contributed by atoms with van der Waals surface area (Å²) in [5.41, 5.74) is -0.748. The number of benzene rings is 1. The van der Waals surface area contributed by atoms with Crippen LogP contribution in [0.15, 0.2) is 29.4 Å². The fourth-order valence-electron chi connectivity index (χ4n) is 4.55. The number of nitrogens with one attached hydrogen (secondary N) is 1. The van der Waals surface area contributed by atoms with Crippen LogP contribution in [0.1, 0.15) is 63.3 Å². The predicted octanol–water partition coefficient (Wildman–Crippen LogP) is 4.81. The molecular weight excluding hydrogens is 451 g/mol. The van der Waals surface area contributed by atoms with Crippen molar-refractivity contribution >= 4 is 17.7 Å². The molecule has 1 aromatic heterocycles. The largest absolute Gasteiger partial charge is 0.418 e. The summed E-state index contributed by atoms with van der Waals surface area (Å²) in [5, 5.41) is 11.4. The van der Waals surface area contributed by atoms with E-state index in [1.807, 2.05) is 0 Å². The standard InChI is InChI=1S/C23H30F3N5OS/c1-16(21(32)27-17-9-3-4-10-17)33-22-29-28-20(15-30-13-7-2-8-14-30)31(22)19-12-6-5-11-18(19)23(24,25)26/h5-6,11-12,16-17H,2-4,7-10,13-15H2,1H3,(H,27,32). The van der Waals surface area contributed by atoms with Crippen LogP contribution in [0.4, 0.5) is 13.2 Å². The van der Waals surface area contributed by atoms with E-state index in [0.29, 0.717) is 17.5 Å². The molecule has 2 heterocycles. The lowest BCUT2D eigenvalue weighted by Gasteiger charge is -2.26. The summed E-state index contributed by atoms with van der Waals surface area (Å²) >= 11 is 1.15. The predicted molar refractivity (Wildman–Crippen MR) is 121 cm³/mol. The Hall–Kier alpha value is -2.07. The van der Waals surface area contributed by atoms with E-state index in [1.165, 1.54) is 16.7 Å². The van der Waals surface area contributed by atoms with Gasteiger partial charge in [-0.15, -0.1) is 10.2 Å². The van der Waals surface area contributed by atoms with Crippen molar-refractivity contribution in [1.82, 2.24) is 25.0 Å². The Morgan fingerprint density at radius 1 is 1.12 bits per heavy atom. The average molecular weight is 482 g/mol. The molecule has 2 aromatic rings. The van der Waals surface area contributed by atoms with Crippen LogP contribution in [0.25, 0.3) is 5.69 Å². The number of rotatable bonds is 7. The zero-order chi connectivity index (χ0) is 23.4. The molecule has 1 amide bonds. The van der Waals surface area contributed by atoms with Gasteiger partial charge in [0.1, 0.15) is 0 Å². The molecule has 1 saturated heterocycles. The SMILES string of the molecule is CC(Sc1nnc(CN2CCCCC2)n1-c1ccccc1C(F)(F)F)C(=O)NC1CCCC1. The van der Waals surface area contributed by atoms with E-state index in [1.54, 1.807) is 13.0 Å². The number of carbonyl (C=O) groups is 1. The fourth-order valence-corrected chi connectivity index (χ4v) is 5.44. The maximum Gasteiger partial charge on any atom is 0.418 e. The number of piperidine rings is 1. The van der Waals surface area contributed by atoms with Crippen molar-refractivity contribution in [1.29, 1.82) is 0 Å². The highest BCUT2D eigenvalue weighted by Crippen LogP contribution is 2.36. The van der Waals surface area contributed by atoms with Crippen LogP contribution >= 0.6 is 11.8 Å². The minimum Gasteiger partial charge on any atom is -0.352 e. The molecule has 1 unspecified atom stereocenters. The molecule has 4 rings (SSSR count). The number of nitrogens with zero attached hydrogens (tertiary/aromatic N) is 4. The Labute approximate surface area is 196 Å². The van der Waals surface area contributed by atoms with Gasteiger partial charge in [-0.1, -0.05) is 43.2 Å². The van der Waals surface area contributed by atoms with Crippen LogP contribution in [0, 0.1) is 0 Å². The number of halogens is 3. The molecule has 1 aliphatic carbocycles. The summed E-state index contributed by atoms with van der Waals surface area (Å²) in [6.45, 7) is 3.95. The Balaban J connectivity index is 1.63. The molecule has 1 aliphatic heterocycles. The van der Waals surface area contributed by atoms with Crippen molar-refractivity contribution in [2.24, 2.45) is 0 Å². The third-order valence-corrected chi connectivity index (χ3v) is 7.36. The van der Waals surface area contributed by atoms with E-state index in [2.05, 4.69) is 20.4 Å². The van der Waals surface area contributed by atoms with Crippen LogP contribution in [0.3, 0.4) is 0 Å². The normalized spacial score (nSPS) is 19.0. The Bertz CT molecular complexity index is 952. The van der Waals surface area contributed by atoms with Gasteiger partial charge in [0.2, 0.25) is 5.91 Å². The Morgan fingerprint density at radius 2 is 1.82 bits per heavy atom. The van der Waals surface area contributed by atoms with Gasteiger partial charge in [-0.2, -0.15) is 13.2 Å². The lowest BCUT2D eigenvalue weighted by atomic mass is 10.1. The first-order valence-electron chi connectivity index (χ1n) is 11.6. The highest BCUT2D eigenvalue weighted by molar-refractivity contribution is 8.00. The molecule has 1 aromatic carbocycles. The van der Waals surface area contributed by atoms with E-state index in [-0.39, 0.29) is 17.6 Å². The average Bonchev–Trinajstić information content (AvgIpc) is 3.44. The molecule has 0 bridgehead atoms. The van der Waals surface area contributed by atoms with Crippen molar-refractivity contribution < 1.29 is 18.0 Å². The van der Waals surface area contributed by atoms with Gasteiger partial charge in [0.25, 0.3) is 0 Å². The van der Waals surface area contributed by atoms with Gasteiger partial charge in [-0.25, -0.2) is 0 Å². The fraction of sp³-hybridized carbons (Fsp3) is 0.609. The maximum absolute atomic E-state index is 13.8. The van der Waals surface area contributed by atoms with Gasteiger partial charge < -0.3 is 5.32 Å². The smallest absolute Gasteiger partial charge is 0.352 e. The summed E-state index contributed by atoms with van der Waals surface area (Å²) in [4.78, 5) is 14.9. The summed E-state index contributed by atoms with van der Waals surface area (Å²) in [7, 11) is 0. The monoisotopic (exact) mass is 481 g/mol. The number of para-hydroxylation sites is 1. The first-order valence-corrected chi connectivity index (χ1v) is 12.5. The topological polar surface area (TPSA) is 63.1 Å². The number of likely N-dealkylation sites (tertiary alicyclic amines) is 1. The van der Waals surface area contributed by atoms with Crippen LogP contribution in [-0.4, -0.2) is 50.0 Å². The zero-order valence-electron chi connectivity index (χ0n) is 18.8. The molecule has 0 spiro atoms. The van der Waals surface area contributed by atoms with Crippen molar-refractivity contribution in [2.45, 2.75) is 81.0 Å². The second-order valence-electron chi connectivity index (χ2n) is 8.84. The van der Waals surface area contributed by atoms with Crippen LogP contribution in [0.2, 0.25) is 0 Å².